The molecular weight excluding hydrogens is 432 g/mol. The topological polar surface area (TPSA) is 46.5 Å². The maximum atomic E-state index is 14.2. The van der Waals surface area contributed by atoms with Crippen molar-refractivity contribution in [2.24, 2.45) is 17.3 Å². The summed E-state index contributed by atoms with van der Waals surface area (Å²) >= 11 is 0. The summed E-state index contributed by atoms with van der Waals surface area (Å²) < 4.78 is 6.90. The fourth-order valence-electron chi connectivity index (χ4n) is 7.42. The van der Waals surface area contributed by atoms with Gasteiger partial charge < -0.3 is 9.84 Å². The van der Waals surface area contributed by atoms with Gasteiger partial charge in [-0.2, -0.15) is 0 Å². The molecule has 4 aliphatic rings. The van der Waals surface area contributed by atoms with Crippen LogP contribution >= 0.6 is 0 Å². The SMILES string of the molecule is O=C1/C(=C/c2ccccc2)CC[C@]12C[C@@H]1CCC[C@H](C3=CCCCC3)[C@]1(O)O[C@H]2c1ccccc1. The number of hydrogen-bond acceptors (Lipinski definition) is 3. The summed E-state index contributed by atoms with van der Waals surface area (Å²) in [6.07, 6.45) is 13.8. The first-order chi connectivity index (χ1) is 17.1. The van der Waals surface area contributed by atoms with Crippen molar-refractivity contribution in [2.75, 3.05) is 0 Å². The summed E-state index contributed by atoms with van der Waals surface area (Å²) in [5.74, 6) is -0.944. The average Bonchev–Trinajstić information content (AvgIpc) is 3.20. The minimum atomic E-state index is -1.20. The smallest absolute Gasteiger partial charge is 0.175 e. The van der Waals surface area contributed by atoms with E-state index < -0.39 is 17.3 Å². The Bertz CT molecular complexity index is 1130. The number of fused-ring (bicyclic) bond motifs is 1. The predicted molar refractivity (Wildman–Crippen MR) is 138 cm³/mol. The van der Waals surface area contributed by atoms with Gasteiger partial charge in [0.2, 0.25) is 0 Å². The summed E-state index contributed by atoms with van der Waals surface area (Å²) in [6, 6.07) is 20.3. The molecule has 1 saturated heterocycles. The number of benzene rings is 2. The number of ketones is 1. The van der Waals surface area contributed by atoms with E-state index in [4.69, 9.17) is 4.74 Å². The number of Topliss-reactive ketones (excluding diaryl/α,β-unsaturated/α-hetero) is 1. The Morgan fingerprint density at radius 2 is 1.69 bits per heavy atom. The minimum absolute atomic E-state index is 0.0101. The highest BCUT2D eigenvalue weighted by Crippen LogP contribution is 2.62. The average molecular weight is 469 g/mol. The van der Waals surface area contributed by atoms with Crippen molar-refractivity contribution < 1.29 is 14.6 Å². The Hall–Kier alpha value is -2.49. The number of rotatable bonds is 3. The van der Waals surface area contributed by atoms with Crippen LogP contribution in [0.15, 0.2) is 77.9 Å². The van der Waals surface area contributed by atoms with Crippen molar-refractivity contribution >= 4 is 11.9 Å². The molecule has 2 aromatic rings. The molecule has 1 N–H and O–H groups in total. The van der Waals surface area contributed by atoms with Crippen LogP contribution in [-0.2, 0) is 9.53 Å². The first-order valence-corrected chi connectivity index (χ1v) is 13.5. The van der Waals surface area contributed by atoms with E-state index in [0.29, 0.717) is 6.42 Å². The van der Waals surface area contributed by atoms with Crippen LogP contribution in [0.5, 0.6) is 0 Å². The van der Waals surface area contributed by atoms with Gasteiger partial charge in [0, 0.05) is 11.8 Å². The third kappa shape index (κ3) is 3.93. The monoisotopic (exact) mass is 468 g/mol. The predicted octanol–water partition coefficient (Wildman–Crippen LogP) is 7.19. The lowest BCUT2D eigenvalue weighted by atomic mass is 9.60. The number of hydrogen-bond donors (Lipinski definition) is 1. The van der Waals surface area contributed by atoms with Gasteiger partial charge in [-0.3, -0.25) is 4.79 Å². The lowest BCUT2D eigenvalue weighted by Gasteiger charge is -2.56. The number of allylic oxidation sites excluding steroid dienone is 2. The third-order valence-corrected chi connectivity index (χ3v) is 9.15. The summed E-state index contributed by atoms with van der Waals surface area (Å²) in [7, 11) is 0. The molecule has 2 saturated carbocycles. The van der Waals surface area contributed by atoms with Crippen LogP contribution in [0.3, 0.4) is 0 Å². The van der Waals surface area contributed by atoms with Crippen LogP contribution < -0.4 is 0 Å². The quantitative estimate of drug-likeness (QED) is 0.383. The molecule has 3 heteroatoms. The second-order valence-corrected chi connectivity index (χ2v) is 11.1. The van der Waals surface area contributed by atoms with Crippen LogP contribution in [0.1, 0.15) is 81.4 Å². The van der Waals surface area contributed by atoms with Gasteiger partial charge in [0.25, 0.3) is 0 Å². The molecule has 3 aliphatic carbocycles. The molecule has 35 heavy (non-hydrogen) atoms. The lowest BCUT2D eigenvalue weighted by molar-refractivity contribution is -0.340. The van der Waals surface area contributed by atoms with Gasteiger partial charge in [-0.05, 0) is 80.6 Å². The van der Waals surface area contributed by atoms with Crippen LogP contribution in [0.25, 0.3) is 6.08 Å². The molecule has 3 nitrogen and oxygen atoms in total. The van der Waals surface area contributed by atoms with E-state index in [0.717, 1.165) is 61.6 Å². The number of aliphatic hydroxyl groups is 1. The Morgan fingerprint density at radius 3 is 2.43 bits per heavy atom. The van der Waals surface area contributed by atoms with Gasteiger partial charge in [0.1, 0.15) is 0 Å². The molecule has 1 heterocycles. The first-order valence-electron chi connectivity index (χ1n) is 13.5. The van der Waals surface area contributed by atoms with Gasteiger partial charge in [-0.25, -0.2) is 0 Å². The van der Waals surface area contributed by atoms with Gasteiger partial charge in [0.15, 0.2) is 11.6 Å². The van der Waals surface area contributed by atoms with E-state index in [1.807, 2.05) is 36.4 Å². The van der Waals surface area contributed by atoms with E-state index >= 15 is 0 Å². The Balaban J connectivity index is 1.40. The van der Waals surface area contributed by atoms with E-state index in [-0.39, 0.29) is 17.6 Å². The van der Waals surface area contributed by atoms with E-state index in [9.17, 15) is 9.90 Å². The molecular formula is C32H36O3. The Kier molecular flexibility index (Phi) is 6.02. The highest BCUT2D eigenvalue weighted by atomic mass is 16.6. The van der Waals surface area contributed by atoms with Crippen molar-refractivity contribution in [1.29, 1.82) is 0 Å². The molecule has 0 aromatic heterocycles. The van der Waals surface area contributed by atoms with Gasteiger partial charge in [-0.15, -0.1) is 0 Å². The van der Waals surface area contributed by atoms with Gasteiger partial charge in [0.05, 0.1) is 11.5 Å². The van der Waals surface area contributed by atoms with Crippen LogP contribution in [0.4, 0.5) is 0 Å². The zero-order chi connectivity index (χ0) is 23.9. The fraction of sp³-hybridized carbons (Fsp3) is 0.469. The number of carbonyl (C=O) groups is 1. The maximum absolute atomic E-state index is 14.2. The van der Waals surface area contributed by atoms with Crippen molar-refractivity contribution in [2.45, 2.75) is 76.1 Å². The fourth-order valence-corrected chi connectivity index (χ4v) is 7.42. The van der Waals surface area contributed by atoms with Crippen LogP contribution in [-0.4, -0.2) is 16.7 Å². The molecule has 3 fully saturated rings. The number of ether oxygens (including phenoxy) is 1. The van der Waals surface area contributed by atoms with Crippen molar-refractivity contribution in [3.8, 4) is 0 Å². The Labute approximate surface area is 208 Å². The summed E-state index contributed by atoms with van der Waals surface area (Å²) in [4.78, 5) is 14.2. The summed E-state index contributed by atoms with van der Waals surface area (Å²) in [5.41, 5.74) is 3.75. The molecule has 2 aromatic carbocycles. The molecule has 182 valence electrons. The zero-order valence-corrected chi connectivity index (χ0v) is 20.5. The Morgan fingerprint density at radius 1 is 0.914 bits per heavy atom. The molecule has 0 amide bonds. The molecule has 0 radical (unpaired) electrons. The first kappa shape index (κ1) is 22.9. The van der Waals surface area contributed by atoms with Crippen LogP contribution in [0.2, 0.25) is 0 Å². The standard InChI is InChI=1S/C32H36O3/c33-29-26(21-23-11-4-1-5-12-23)19-20-31(29)22-27-17-10-18-28(24-13-6-2-7-14-24)32(27,34)35-30(31)25-15-8-3-9-16-25/h1,3-5,8-9,11-13,15-16,21,27-28,30,34H,2,6-7,10,14,17-20,22H2/b26-21+/t27-,28+,30-,31-,32+/m0/s1. The highest BCUT2D eigenvalue weighted by molar-refractivity contribution is 6.06. The van der Waals surface area contributed by atoms with Gasteiger partial charge >= 0.3 is 0 Å². The summed E-state index contributed by atoms with van der Waals surface area (Å²) in [6.45, 7) is 0. The normalized spacial score (nSPS) is 36.3. The minimum Gasteiger partial charge on any atom is -0.365 e. The van der Waals surface area contributed by atoms with Crippen molar-refractivity contribution in [3.05, 3.63) is 89.0 Å². The highest BCUT2D eigenvalue weighted by Gasteiger charge is 2.63. The molecule has 0 bridgehead atoms. The summed E-state index contributed by atoms with van der Waals surface area (Å²) in [5, 5.41) is 12.3. The van der Waals surface area contributed by atoms with E-state index in [2.05, 4.69) is 36.4 Å². The second kappa shape index (κ2) is 9.19. The molecule has 1 spiro atoms. The maximum Gasteiger partial charge on any atom is 0.175 e. The number of carbonyl (C=O) groups excluding carboxylic acids is 1. The molecule has 0 unspecified atom stereocenters. The molecule has 6 rings (SSSR count). The third-order valence-electron chi connectivity index (χ3n) is 9.15. The molecule has 5 atom stereocenters. The molecule has 1 aliphatic heterocycles. The van der Waals surface area contributed by atoms with Crippen molar-refractivity contribution in [1.82, 2.24) is 0 Å². The van der Waals surface area contributed by atoms with Crippen molar-refractivity contribution in [3.63, 3.8) is 0 Å². The van der Waals surface area contributed by atoms with Crippen LogP contribution in [0, 0.1) is 17.3 Å². The van der Waals surface area contributed by atoms with E-state index in [1.165, 1.54) is 18.4 Å². The second-order valence-electron chi connectivity index (χ2n) is 11.1. The zero-order valence-electron chi connectivity index (χ0n) is 20.5. The van der Waals surface area contributed by atoms with Gasteiger partial charge in [-0.1, -0.05) is 78.7 Å². The lowest BCUT2D eigenvalue weighted by Crippen LogP contribution is -2.59. The van der Waals surface area contributed by atoms with E-state index in [1.54, 1.807) is 0 Å². The largest absolute Gasteiger partial charge is 0.365 e.